The van der Waals surface area contributed by atoms with Gasteiger partial charge in [0.05, 0.1) is 20.3 Å². The van der Waals surface area contributed by atoms with Crippen LogP contribution in [0.3, 0.4) is 0 Å². The third kappa shape index (κ3) is 8.01. The minimum absolute atomic E-state index is 0.0689. The molecular formula is C27H27N3O6. The first-order valence-corrected chi connectivity index (χ1v) is 11.1. The maximum absolute atomic E-state index is 12.7. The first-order valence-electron chi connectivity index (χ1n) is 11.1. The molecule has 0 saturated carbocycles. The monoisotopic (exact) mass is 489 g/mol. The first-order chi connectivity index (χ1) is 17.5. The van der Waals surface area contributed by atoms with E-state index in [9.17, 15) is 20.1 Å². The number of hydrogen-bond acceptors (Lipinski definition) is 8. The lowest BCUT2D eigenvalue weighted by atomic mass is 10.1. The van der Waals surface area contributed by atoms with Crippen LogP contribution in [0.4, 0.5) is 0 Å². The summed E-state index contributed by atoms with van der Waals surface area (Å²) in [7, 11) is 2.88. The van der Waals surface area contributed by atoms with Gasteiger partial charge in [-0.1, -0.05) is 31.2 Å². The molecule has 0 aliphatic rings. The van der Waals surface area contributed by atoms with Crippen LogP contribution in [0.1, 0.15) is 24.5 Å². The van der Waals surface area contributed by atoms with Crippen LogP contribution in [0.5, 0.6) is 17.2 Å². The fourth-order valence-electron chi connectivity index (χ4n) is 2.93. The third-order valence-electron chi connectivity index (χ3n) is 4.68. The molecule has 2 aromatic rings. The molecule has 0 heterocycles. The molecular weight excluding hydrogens is 462 g/mol. The van der Waals surface area contributed by atoms with Gasteiger partial charge in [0, 0.05) is 19.2 Å². The maximum Gasteiger partial charge on any atom is 0.354 e. The van der Waals surface area contributed by atoms with Crippen LogP contribution in [0, 0.1) is 22.7 Å². The van der Waals surface area contributed by atoms with Gasteiger partial charge in [0.15, 0.2) is 11.5 Å². The maximum atomic E-state index is 12.7. The quantitative estimate of drug-likeness (QED) is 0.157. The molecule has 2 aromatic carbocycles. The molecule has 0 spiro atoms. The number of nitrogens with one attached hydrogen (secondary N) is 1. The van der Waals surface area contributed by atoms with E-state index in [1.54, 1.807) is 30.3 Å². The van der Waals surface area contributed by atoms with Gasteiger partial charge in [0.25, 0.3) is 5.91 Å². The van der Waals surface area contributed by atoms with E-state index >= 15 is 0 Å². The molecule has 2 rings (SSSR count). The number of para-hydroxylation sites is 1. The molecule has 0 saturated heterocycles. The Bertz CT molecular complexity index is 1220. The van der Waals surface area contributed by atoms with Crippen LogP contribution >= 0.6 is 0 Å². The highest BCUT2D eigenvalue weighted by Crippen LogP contribution is 2.30. The molecule has 36 heavy (non-hydrogen) atoms. The summed E-state index contributed by atoms with van der Waals surface area (Å²) in [4.78, 5) is 24.9. The third-order valence-corrected chi connectivity index (χ3v) is 4.68. The standard InChI is InChI=1S/C27H27N3O6/c1-4-12-35-23-8-6-5-7-20(23)16-22(18-29)27(32)36-24-10-9-19(15-25(24)34-3)14-21(17-28)26(31)30-11-13-33-2/h5-10,14-16H,4,11-13H2,1-3H3,(H,30,31)/b21-14+,22-16+. The lowest BCUT2D eigenvalue weighted by Gasteiger charge is -2.11. The molecule has 0 unspecified atom stereocenters. The summed E-state index contributed by atoms with van der Waals surface area (Å²) in [6.07, 6.45) is 3.59. The van der Waals surface area contributed by atoms with E-state index in [0.29, 0.717) is 30.1 Å². The van der Waals surface area contributed by atoms with Gasteiger partial charge in [0.1, 0.15) is 29.0 Å². The molecule has 9 heteroatoms. The molecule has 0 aliphatic heterocycles. The van der Waals surface area contributed by atoms with Crippen LogP contribution in [-0.4, -0.2) is 45.9 Å². The number of esters is 1. The zero-order valence-electron chi connectivity index (χ0n) is 20.4. The molecule has 9 nitrogen and oxygen atoms in total. The van der Waals surface area contributed by atoms with Gasteiger partial charge in [-0.3, -0.25) is 4.79 Å². The zero-order valence-corrected chi connectivity index (χ0v) is 20.4. The van der Waals surface area contributed by atoms with Crippen molar-refractivity contribution >= 4 is 24.0 Å². The summed E-state index contributed by atoms with van der Waals surface area (Å²) in [6.45, 7) is 3.05. The van der Waals surface area contributed by atoms with E-state index in [2.05, 4.69) is 5.32 Å². The smallest absolute Gasteiger partial charge is 0.354 e. The SMILES string of the molecule is CCCOc1ccccc1/C=C(\C#N)C(=O)Oc1ccc(/C=C(\C#N)C(=O)NCCOC)cc1OC. The van der Waals surface area contributed by atoms with Crippen LogP contribution in [0.15, 0.2) is 53.6 Å². The summed E-state index contributed by atoms with van der Waals surface area (Å²) < 4.78 is 21.3. The molecule has 0 atom stereocenters. The number of amides is 1. The number of ether oxygens (including phenoxy) is 4. The molecule has 186 valence electrons. The first kappa shape index (κ1) is 27.6. The second kappa shape index (κ2) is 14.6. The number of nitrogens with zero attached hydrogens (tertiary/aromatic N) is 2. The van der Waals surface area contributed by atoms with Crippen molar-refractivity contribution in [2.45, 2.75) is 13.3 Å². The molecule has 0 aromatic heterocycles. The Morgan fingerprint density at radius 2 is 1.69 bits per heavy atom. The summed E-state index contributed by atoms with van der Waals surface area (Å²) in [5.74, 6) is -0.624. The normalized spacial score (nSPS) is 11.1. The zero-order chi connectivity index (χ0) is 26.3. The van der Waals surface area contributed by atoms with E-state index in [0.717, 1.165) is 6.42 Å². The Morgan fingerprint density at radius 3 is 2.36 bits per heavy atom. The Hall–Kier alpha value is -4.60. The van der Waals surface area contributed by atoms with Crippen molar-refractivity contribution in [2.24, 2.45) is 0 Å². The molecule has 0 radical (unpaired) electrons. The van der Waals surface area contributed by atoms with Crippen molar-refractivity contribution in [3.8, 4) is 29.4 Å². The van der Waals surface area contributed by atoms with E-state index in [-0.39, 0.29) is 29.2 Å². The fraction of sp³-hybridized carbons (Fsp3) is 0.259. The van der Waals surface area contributed by atoms with Crippen LogP contribution < -0.4 is 19.5 Å². The van der Waals surface area contributed by atoms with Gasteiger partial charge in [-0.25, -0.2) is 4.79 Å². The number of nitriles is 2. The summed E-state index contributed by atoms with van der Waals surface area (Å²) in [5, 5.41) is 21.5. The van der Waals surface area contributed by atoms with Gasteiger partial charge in [-0.2, -0.15) is 10.5 Å². The van der Waals surface area contributed by atoms with Crippen LogP contribution in [0.2, 0.25) is 0 Å². The second-order valence-corrected chi connectivity index (χ2v) is 7.27. The average Bonchev–Trinajstić information content (AvgIpc) is 2.90. The largest absolute Gasteiger partial charge is 0.493 e. The number of carbonyl (C=O) groups excluding carboxylic acids is 2. The Balaban J connectivity index is 2.25. The second-order valence-electron chi connectivity index (χ2n) is 7.27. The minimum atomic E-state index is -0.875. The Labute approximate surface area is 210 Å². The lowest BCUT2D eigenvalue weighted by Crippen LogP contribution is -2.27. The van der Waals surface area contributed by atoms with Crippen molar-refractivity contribution in [1.82, 2.24) is 5.32 Å². The number of hydrogen-bond donors (Lipinski definition) is 1. The van der Waals surface area contributed by atoms with E-state index in [4.69, 9.17) is 18.9 Å². The number of carbonyl (C=O) groups is 2. The molecule has 1 N–H and O–H groups in total. The van der Waals surface area contributed by atoms with Crippen molar-refractivity contribution in [2.75, 3.05) is 34.0 Å². The van der Waals surface area contributed by atoms with Gasteiger partial charge in [0.2, 0.25) is 0 Å². The van der Waals surface area contributed by atoms with Crippen molar-refractivity contribution in [3.63, 3.8) is 0 Å². The van der Waals surface area contributed by atoms with Gasteiger partial charge >= 0.3 is 5.97 Å². The van der Waals surface area contributed by atoms with E-state index < -0.39 is 11.9 Å². The van der Waals surface area contributed by atoms with Crippen molar-refractivity contribution in [1.29, 1.82) is 10.5 Å². The minimum Gasteiger partial charge on any atom is -0.493 e. The summed E-state index contributed by atoms with van der Waals surface area (Å²) >= 11 is 0. The predicted octanol–water partition coefficient (Wildman–Crippen LogP) is 3.67. The lowest BCUT2D eigenvalue weighted by molar-refractivity contribution is -0.129. The average molecular weight is 490 g/mol. The summed E-state index contributed by atoms with van der Waals surface area (Å²) in [6, 6.07) is 15.3. The Morgan fingerprint density at radius 1 is 0.944 bits per heavy atom. The summed E-state index contributed by atoms with van der Waals surface area (Å²) in [5.41, 5.74) is 0.701. The molecule has 0 fully saturated rings. The fourth-order valence-corrected chi connectivity index (χ4v) is 2.93. The molecule has 0 bridgehead atoms. The topological polar surface area (TPSA) is 131 Å². The van der Waals surface area contributed by atoms with Crippen LogP contribution in [-0.2, 0) is 14.3 Å². The van der Waals surface area contributed by atoms with Gasteiger partial charge < -0.3 is 24.3 Å². The highest BCUT2D eigenvalue weighted by molar-refractivity contribution is 6.02. The van der Waals surface area contributed by atoms with Gasteiger partial charge in [-0.05, 0) is 42.3 Å². The molecule has 0 aliphatic carbocycles. The van der Waals surface area contributed by atoms with Crippen molar-refractivity contribution in [3.05, 3.63) is 64.7 Å². The highest BCUT2D eigenvalue weighted by atomic mass is 16.6. The number of rotatable bonds is 12. The number of methoxy groups -OCH3 is 2. The van der Waals surface area contributed by atoms with Gasteiger partial charge in [-0.15, -0.1) is 0 Å². The van der Waals surface area contributed by atoms with E-state index in [1.807, 2.05) is 19.1 Å². The predicted molar refractivity (Wildman–Crippen MR) is 133 cm³/mol. The Kier molecular flexibility index (Phi) is 11.2. The molecule has 1 amide bonds. The van der Waals surface area contributed by atoms with Crippen LogP contribution in [0.25, 0.3) is 12.2 Å². The van der Waals surface area contributed by atoms with Crippen molar-refractivity contribution < 1.29 is 28.5 Å². The highest BCUT2D eigenvalue weighted by Gasteiger charge is 2.17. The van der Waals surface area contributed by atoms with E-state index in [1.165, 1.54) is 38.5 Å². The number of benzene rings is 2.